The molecule has 2 aliphatic rings. The predicted molar refractivity (Wildman–Crippen MR) is 127 cm³/mol. The molecule has 0 saturated carbocycles. The van der Waals surface area contributed by atoms with E-state index in [0.717, 1.165) is 71.2 Å². The molecule has 1 fully saturated rings. The van der Waals surface area contributed by atoms with Gasteiger partial charge in [0.2, 0.25) is 11.8 Å². The third kappa shape index (κ3) is 3.04. The van der Waals surface area contributed by atoms with Crippen molar-refractivity contribution in [3.8, 4) is 11.5 Å². The highest BCUT2D eigenvalue weighted by Crippen LogP contribution is 2.43. The Kier molecular flexibility index (Phi) is 4.33. The van der Waals surface area contributed by atoms with Crippen LogP contribution in [0.15, 0.2) is 36.4 Å². The zero-order valence-electron chi connectivity index (χ0n) is 18.8. The molecule has 6 rings (SSSR count). The molecule has 168 valence electrons. The summed E-state index contributed by atoms with van der Waals surface area (Å²) in [5, 5.41) is 8.50. The highest BCUT2D eigenvalue weighted by molar-refractivity contribution is 6.12. The van der Waals surface area contributed by atoms with Gasteiger partial charge < -0.3 is 14.8 Å². The highest BCUT2D eigenvalue weighted by Gasteiger charge is 2.45. The first-order chi connectivity index (χ1) is 15.9. The number of rotatable bonds is 3. The van der Waals surface area contributed by atoms with E-state index in [1.54, 1.807) is 4.90 Å². The smallest absolute Gasteiger partial charge is 0.242 e. The number of imidazole rings is 1. The molecular weight excluding hydrogens is 416 g/mol. The number of para-hydroxylation sites is 1. The number of aromatic amines is 2. The Morgan fingerprint density at radius 2 is 1.88 bits per heavy atom. The van der Waals surface area contributed by atoms with E-state index in [1.165, 1.54) is 0 Å². The van der Waals surface area contributed by atoms with Crippen LogP contribution in [0.2, 0.25) is 0 Å². The van der Waals surface area contributed by atoms with Gasteiger partial charge in [-0.15, -0.1) is 0 Å². The number of H-pyrrole nitrogens is 2. The van der Waals surface area contributed by atoms with Crippen molar-refractivity contribution < 1.29 is 9.59 Å². The lowest BCUT2D eigenvalue weighted by molar-refractivity contribution is -0.132. The molecule has 0 atom stereocenters. The molecule has 0 radical (unpaired) electrons. The standard InChI is InChI=1S/C25H26N6O2/c1-25(2)16-12-18-19(27-23(26-18)22-15-8-4-5-9-17(15)28-29-22)13-20(16)31(24(25)33)14-21(32)30-10-6-3-7-11-30/h4-5,8-9,12-13H,3,6-7,10-11,14H2,1-2H3,(H,26,27)(H,28,29). The summed E-state index contributed by atoms with van der Waals surface area (Å²) in [5.74, 6) is 0.639. The summed E-state index contributed by atoms with van der Waals surface area (Å²) < 4.78 is 0. The maximum absolute atomic E-state index is 13.3. The topological polar surface area (TPSA) is 98.0 Å². The minimum absolute atomic E-state index is 0.0140. The number of likely N-dealkylation sites (tertiary alicyclic amines) is 1. The van der Waals surface area contributed by atoms with Crippen LogP contribution >= 0.6 is 0 Å². The number of amides is 2. The van der Waals surface area contributed by atoms with Crippen LogP contribution < -0.4 is 4.90 Å². The fourth-order valence-corrected chi connectivity index (χ4v) is 5.12. The van der Waals surface area contributed by atoms with Crippen LogP contribution in [0.3, 0.4) is 0 Å². The second-order valence-corrected chi connectivity index (χ2v) is 9.55. The van der Waals surface area contributed by atoms with Crippen LogP contribution in [0.25, 0.3) is 33.5 Å². The number of piperidine rings is 1. The van der Waals surface area contributed by atoms with Crippen LogP contribution in [0.1, 0.15) is 38.7 Å². The Hall–Kier alpha value is -3.68. The van der Waals surface area contributed by atoms with Gasteiger partial charge in [-0.3, -0.25) is 14.7 Å². The van der Waals surface area contributed by atoms with Gasteiger partial charge in [0, 0.05) is 18.5 Å². The third-order valence-corrected chi connectivity index (χ3v) is 7.04. The van der Waals surface area contributed by atoms with Crippen molar-refractivity contribution in [2.75, 3.05) is 24.5 Å². The summed E-state index contributed by atoms with van der Waals surface area (Å²) in [5.41, 5.74) is 4.27. The molecule has 0 unspecified atom stereocenters. The molecule has 1 saturated heterocycles. The summed E-state index contributed by atoms with van der Waals surface area (Å²) >= 11 is 0. The second-order valence-electron chi connectivity index (χ2n) is 9.55. The first-order valence-corrected chi connectivity index (χ1v) is 11.5. The SMILES string of the molecule is CC1(C)C(=O)N(CC(=O)N2CCCCC2)c2cc3[nH]c(-c4n[nH]c5ccccc45)nc3cc21. The van der Waals surface area contributed by atoms with Gasteiger partial charge in [-0.05, 0) is 56.9 Å². The zero-order valence-corrected chi connectivity index (χ0v) is 18.8. The van der Waals surface area contributed by atoms with E-state index in [0.29, 0.717) is 5.82 Å². The number of hydrogen-bond donors (Lipinski definition) is 2. The van der Waals surface area contributed by atoms with E-state index >= 15 is 0 Å². The Labute approximate surface area is 191 Å². The molecule has 8 nitrogen and oxygen atoms in total. The average molecular weight is 443 g/mol. The maximum Gasteiger partial charge on any atom is 0.242 e. The number of nitrogens with zero attached hydrogens (tertiary/aromatic N) is 4. The molecule has 0 bridgehead atoms. The quantitative estimate of drug-likeness (QED) is 0.505. The van der Waals surface area contributed by atoms with E-state index in [-0.39, 0.29) is 18.4 Å². The number of carbonyl (C=O) groups excluding carboxylic acids is 2. The van der Waals surface area contributed by atoms with Gasteiger partial charge in [-0.25, -0.2) is 4.98 Å². The Morgan fingerprint density at radius 1 is 1.09 bits per heavy atom. The number of carbonyl (C=O) groups is 2. The second kappa shape index (κ2) is 7.16. The number of hydrogen-bond acceptors (Lipinski definition) is 4. The Morgan fingerprint density at radius 3 is 2.70 bits per heavy atom. The summed E-state index contributed by atoms with van der Waals surface area (Å²) in [7, 11) is 0. The molecule has 0 aliphatic carbocycles. The molecule has 2 aromatic carbocycles. The van der Waals surface area contributed by atoms with E-state index in [9.17, 15) is 9.59 Å². The van der Waals surface area contributed by atoms with Crippen LogP contribution in [0.4, 0.5) is 5.69 Å². The monoisotopic (exact) mass is 442 g/mol. The van der Waals surface area contributed by atoms with Crippen molar-refractivity contribution in [2.24, 2.45) is 0 Å². The van der Waals surface area contributed by atoms with E-state index in [1.807, 2.05) is 55.1 Å². The normalized spacial score (nSPS) is 17.8. The Bertz CT molecular complexity index is 1410. The molecule has 2 amide bonds. The molecule has 2 N–H and O–H groups in total. The van der Waals surface area contributed by atoms with Gasteiger partial charge in [-0.2, -0.15) is 5.10 Å². The lowest BCUT2D eigenvalue weighted by atomic mass is 9.86. The molecule has 0 spiro atoms. The molecule has 4 aromatic rings. The average Bonchev–Trinajstić information content (AvgIpc) is 3.49. The number of benzene rings is 2. The zero-order chi connectivity index (χ0) is 22.7. The van der Waals surface area contributed by atoms with E-state index < -0.39 is 5.41 Å². The molecule has 8 heteroatoms. The number of fused-ring (bicyclic) bond motifs is 3. The van der Waals surface area contributed by atoms with Gasteiger partial charge >= 0.3 is 0 Å². The van der Waals surface area contributed by atoms with Crippen molar-refractivity contribution in [3.63, 3.8) is 0 Å². The third-order valence-electron chi connectivity index (χ3n) is 7.04. The van der Waals surface area contributed by atoms with Crippen molar-refractivity contribution in [2.45, 2.75) is 38.5 Å². The van der Waals surface area contributed by atoms with Gasteiger partial charge in [0.25, 0.3) is 0 Å². The van der Waals surface area contributed by atoms with Crippen molar-refractivity contribution >= 4 is 39.4 Å². The van der Waals surface area contributed by atoms with Crippen LogP contribution in [-0.4, -0.2) is 56.5 Å². The predicted octanol–water partition coefficient (Wildman–Crippen LogP) is 3.74. The van der Waals surface area contributed by atoms with Gasteiger partial charge in [0.05, 0.1) is 27.7 Å². The number of anilines is 1. The van der Waals surface area contributed by atoms with E-state index in [4.69, 9.17) is 4.98 Å². The first kappa shape index (κ1) is 20.0. The minimum Gasteiger partial charge on any atom is -0.341 e. The highest BCUT2D eigenvalue weighted by atomic mass is 16.2. The van der Waals surface area contributed by atoms with Gasteiger partial charge in [-0.1, -0.05) is 18.2 Å². The van der Waals surface area contributed by atoms with Gasteiger partial charge in [0.1, 0.15) is 12.2 Å². The fraction of sp³-hybridized carbons (Fsp3) is 0.360. The van der Waals surface area contributed by atoms with Gasteiger partial charge in [0.15, 0.2) is 5.82 Å². The summed E-state index contributed by atoms with van der Waals surface area (Å²) in [6, 6.07) is 11.9. The molecule has 2 aliphatic heterocycles. The van der Waals surface area contributed by atoms with Crippen LogP contribution in [-0.2, 0) is 15.0 Å². The minimum atomic E-state index is -0.718. The number of nitrogens with one attached hydrogen (secondary N) is 2. The number of aromatic nitrogens is 4. The van der Waals surface area contributed by atoms with Crippen molar-refractivity contribution in [1.29, 1.82) is 0 Å². The molecular formula is C25H26N6O2. The fourth-order valence-electron chi connectivity index (χ4n) is 5.12. The van der Waals surface area contributed by atoms with Crippen LogP contribution in [0, 0.1) is 0 Å². The summed E-state index contributed by atoms with van der Waals surface area (Å²) in [6.07, 6.45) is 3.22. The molecule has 33 heavy (non-hydrogen) atoms. The largest absolute Gasteiger partial charge is 0.341 e. The molecule has 2 aromatic heterocycles. The lowest BCUT2D eigenvalue weighted by Gasteiger charge is -2.29. The summed E-state index contributed by atoms with van der Waals surface area (Å²) in [6.45, 7) is 5.46. The van der Waals surface area contributed by atoms with Crippen LogP contribution in [0.5, 0.6) is 0 Å². The summed E-state index contributed by atoms with van der Waals surface area (Å²) in [4.78, 5) is 38.0. The van der Waals surface area contributed by atoms with Crippen molar-refractivity contribution in [3.05, 3.63) is 42.0 Å². The van der Waals surface area contributed by atoms with E-state index in [2.05, 4.69) is 15.2 Å². The first-order valence-electron chi connectivity index (χ1n) is 11.5. The lowest BCUT2D eigenvalue weighted by Crippen LogP contribution is -2.45. The molecule has 4 heterocycles. The Balaban J connectivity index is 1.40. The van der Waals surface area contributed by atoms with Crippen molar-refractivity contribution in [1.82, 2.24) is 25.1 Å². The maximum atomic E-state index is 13.3.